The number of nitrogens with one attached hydrogen (secondary N) is 1. The fourth-order valence-electron chi connectivity index (χ4n) is 2.97. The van der Waals surface area contributed by atoms with Gasteiger partial charge in [0.25, 0.3) is 5.56 Å². The van der Waals surface area contributed by atoms with Crippen LogP contribution in [0.15, 0.2) is 28.8 Å². The lowest BCUT2D eigenvalue weighted by molar-refractivity contribution is 0.634. The zero-order chi connectivity index (χ0) is 19.8. The number of aryl methyl sites for hydroxylation is 1. The average molecular weight is 410 g/mol. The van der Waals surface area contributed by atoms with Crippen molar-refractivity contribution in [2.24, 2.45) is 12.8 Å². The second-order valence-electron chi connectivity index (χ2n) is 5.99. The number of hydrogen-bond acceptors (Lipinski definition) is 9. The molecule has 0 amide bonds. The molecule has 0 saturated heterocycles. The molecule has 0 bridgehead atoms. The Morgan fingerprint density at radius 1 is 1.50 bits per heavy atom. The maximum absolute atomic E-state index is 13.0. The molecule has 0 aliphatic heterocycles. The highest BCUT2D eigenvalue weighted by Gasteiger charge is 2.19. The summed E-state index contributed by atoms with van der Waals surface area (Å²) >= 11 is 2.68. The Morgan fingerprint density at radius 2 is 2.32 bits per heavy atom. The molecule has 0 fully saturated rings. The molecule has 4 rings (SSSR count). The Morgan fingerprint density at radius 3 is 3.07 bits per heavy atom. The van der Waals surface area contributed by atoms with Gasteiger partial charge < -0.3 is 15.7 Å². The zero-order valence-corrected chi connectivity index (χ0v) is 16.3. The summed E-state index contributed by atoms with van der Waals surface area (Å²) in [5.74, 6) is 0. The zero-order valence-electron chi connectivity index (χ0n) is 14.7. The summed E-state index contributed by atoms with van der Waals surface area (Å²) in [4.78, 5) is 22.2. The number of allylic oxidation sites excluding steroid dienone is 1. The summed E-state index contributed by atoms with van der Waals surface area (Å²) < 4.78 is 3.92. The molecule has 9 nitrogen and oxygen atoms in total. The van der Waals surface area contributed by atoms with E-state index < -0.39 is 0 Å². The summed E-state index contributed by atoms with van der Waals surface area (Å²) in [5.41, 5.74) is 8.72. The number of aromatic nitrogens is 5. The summed E-state index contributed by atoms with van der Waals surface area (Å²) in [5, 5.41) is 22.8. The van der Waals surface area contributed by atoms with Crippen LogP contribution in [0.2, 0.25) is 0 Å². The van der Waals surface area contributed by atoms with E-state index in [4.69, 9.17) is 16.4 Å². The van der Waals surface area contributed by atoms with Crippen LogP contribution in [0, 0.1) is 16.7 Å². The van der Waals surface area contributed by atoms with Crippen LogP contribution < -0.4 is 11.3 Å². The Balaban J connectivity index is 1.79. The molecule has 0 aromatic carbocycles. The van der Waals surface area contributed by atoms with Crippen molar-refractivity contribution in [1.29, 1.82) is 10.7 Å². The van der Waals surface area contributed by atoms with Crippen molar-refractivity contribution in [2.75, 3.05) is 0 Å². The highest BCUT2D eigenvalue weighted by molar-refractivity contribution is 7.19. The second kappa shape index (κ2) is 6.99. The molecule has 0 atom stereocenters. The average Bonchev–Trinajstić information content (AvgIpc) is 3.34. The molecule has 28 heavy (non-hydrogen) atoms. The van der Waals surface area contributed by atoms with Crippen LogP contribution >= 0.6 is 22.7 Å². The van der Waals surface area contributed by atoms with E-state index >= 15 is 0 Å². The van der Waals surface area contributed by atoms with Crippen LogP contribution in [-0.4, -0.2) is 30.0 Å². The van der Waals surface area contributed by atoms with Crippen LogP contribution in [0.3, 0.4) is 0 Å². The minimum absolute atomic E-state index is 0.140. The molecule has 140 valence electrons. The van der Waals surface area contributed by atoms with Crippen molar-refractivity contribution < 1.29 is 0 Å². The molecule has 0 unspecified atom stereocenters. The highest BCUT2D eigenvalue weighted by atomic mass is 32.1. The van der Waals surface area contributed by atoms with E-state index in [0.29, 0.717) is 33.9 Å². The third kappa shape index (κ3) is 2.88. The van der Waals surface area contributed by atoms with E-state index in [1.165, 1.54) is 39.6 Å². The number of hydrogen-bond donors (Lipinski definition) is 2. The summed E-state index contributed by atoms with van der Waals surface area (Å²) in [6.07, 6.45) is 4.88. The molecular weight excluding hydrogens is 396 g/mol. The van der Waals surface area contributed by atoms with Crippen LogP contribution in [0.25, 0.3) is 21.3 Å². The van der Waals surface area contributed by atoms with Crippen molar-refractivity contribution in [1.82, 2.24) is 24.3 Å². The molecule has 0 radical (unpaired) electrons. The topological polar surface area (TPSA) is 139 Å². The fraction of sp³-hybridized carbons (Fsp3) is 0.176. The van der Waals surface area contributed by atoms with Crippen molar-refractivity contribution in [3.63, 3.8) is 0 Å². The van der Waals surface area contributed by atoms with Crippen LogP contribution in [0.4, 0.5) is 0 Å². The van der Waals surface area contributed by atoms with Gasteiger partial charge in [-0.15, -0.1) is 22.7 Å². The summed E-state index contributed by atoms with van der Waals surface area (Å²) in [6, 6.07) is 2.08. The smallest absolute Gasteiger partial charge is 0.291 e. The van der Waals surface area contributed by atoms with Gasteiger partial charge in [-0.05, 0) is 12.3 Å². The van der Waals surface area contributed by atoms with E-state index in [-0.39, 0.29) is 12.1 Å². The first-order chi connectivity index (χ1) is 13.5. The quantitative estimate of drug-likeness (QED) is 0.481. The van der Waals surface area contributed by atoms with Crippen molar-refractivity contribution in [2.45, 2.75) is 13.0 Å². The molecule has 4 aromatic rings. The van der Waals surface area contributed by atoms with Gasteiger partial charge in [0.15, 0.2) is 5.65 Å². The second-order valence-corrected chi connectivity index (χ2v) is 7.93. The lowest BCUT2D eigenvalue weighted by atomic mass is 10.3. The minimum atomic E-state index is -0.262. The van der Waals surface area contributed by atoms with Gasteiger partial charge in [0.05, 0.1) is 28.6 Å². The SMILES string of the molecule is Cn1c2nc(CC(=N)/C=C\N)sc2c2cnn(Cc3ncsc3C#N)c(=O)c21. The molecule has 4 aromatic heterocycles. The van der Waals surface area contributed by atoms with Crippen molar-refractivity contribution in [3.8, 4) is 6.07 Å². The number of fused-ring (bicyclic) bond motifs is 3. The molecule has 0 spiro atoms. The monoisotopic (exact) mass is 410 g/mol. The van der Waals surface area contributed by atoms with Crippen LogP contribution in [-0.2, 0) is 20.0 Å². The standard InChI is InChI=1S/C17H14N8OS2/c1-24-14-10(15-16(24)23-13(28-15)4-9(20)2-3-18)6-22-25(17(14)26)7-11-12(5-19)27-8-21-11/h2-3,6,8,20H,4,7,18H2,1H3/b3-2-,20-9?. The highest BCUT2D eigenvalue weighted by Crippen LogP contribution is 2.31. The molecule has 3 N–H and O–H groups in total. The molecule has 4 heterocycles. The van der Waals surface area contributed by atoms with Gasteiger partial charge in [0, 0.05) is 24.6 Å². The Labute approximate surface area is 166 Å². The predicted octanol–water partition coefficient (Wildman–Crippen LogP) is 1.76. The first kappa shape index (κ1) is 18.0. The van der Waals surface area contributed by atoms with E-state index in [9.17, 15) is 4.79 Å². The summed E-state index contributed by atoms with van der Waals surface area (Å²) in [6.45, 7) is 0.140. The number of thiazole rings is 2. The lowest BCUT2D eigenvalue weighted by Crippen LogP contribution is -2.25. The molecular formula is C17H14N8OS2. The number of nitriles is 1. The Kier molecular flexibility index (Phi) is 4.50. The third-order valence-corrected chi connectivity index (χ3v) is 6.10. The number of nitrogens with zero attached hydrogens (tertiary/aromatic N) is 6. The van der Waals surface area contributed by atoms with Crippen LogP contribution in [0.5, 0.6) is 0 Å². The first-order valence-corrected chi connectivity index (χ1v) is 9.85. The normalized spacial score (nSPS) is 11.6. The van der Waals surface area contributed by atoms with E-state index in [0.717, 1.165) is 15.1 Å². The van der Waals surface area contributed by atoms with E-state index in [1.54, 1.807) is 23.3 Å². The summed E-state index contributed by atoms with van der Waals surface area (Å²) in [7, 11) is 1.79. The van der Waals surface area contributed by atoms with Gasteiger partial charge in [0.2, 0.25) is 0 Å². The van der Waals surface area contributed by atoms with Crippen LogP contribution in [0.1, 0.15) is 15.6 Å². The number of nitrogens with two attached hydrogens (primary N) is 1. The Hall–Kier alpha value is -3.36. The number of rotatable bonds is 5. The van der Waals surface area contributed by atoms with Crippen molar-refractivity contribution in [3.05, 3.63) is 49.9 Å². The van der Waals surface area contributed by atoms with E-state index in [2.05, 4.69) is 21.1 Å². The minimum Gasteiger partial charge on any atom is -0.405 e. The van der Waals surface area contributed by atoms with Gasteiger partial charge in [-0.25, -0.2) is 14.6 Å². The maximum Gasteiger partial charge on any atom is 0.291 e. The van der Waals surface area contributed by atoms with Gasteiger partial charge in [0.1, 0.15) is 21.5 Å². The van der Waals surface area contributed by atoms with E-state index in [1.807, 2.05) is 0 Å². The maximum atomic E-state index is 13.0. The van der Waals surface area contributed by atoms with Crippen molar-refractivity contribution >= 4 is 49.6 Å². The fourth-order valence-corrected chi connectivity index (χ4v) is 4.69. The molecule has 0 saturated carbocycles. The predicted molar refractivity (Wildman–Crippen MR) is 109 cm³/mol. The van der Waals surface area contributed by atoms with Gasteiger partial charge >= 0.3 is 0 Å². The van der Waals surface area contributed by atoms with Gasteiger partial charge in [-0.2, -0.15) is 10.4 Å². The van der Waals surface area contributed by atoms with Gasteiger partial charge in [-0.3, -0.25) is 4.79 Å². The third-order valence-electron chi connectivity index (χ3n) is 4.25. The molecule has 0 aliphatic rings. The lowest BCUT2D eigenvalue weighted by Gasteiger charge is -2.04. The molecule has 0 aliphatic carbocycles. The van der Waals surface area contributed by atoms with Gasteiger partial charge in [-0.1, -0.05) is 0 Å². The largest absolute Gasteiger partial charge is 0.405 e. The Bertz CT molecular complexity index is 1350. The molecule has 11 heteroatoms. The first-order valence-electron chi connectivity index (χ1n) is 8.15.